The molecule has 0 radical (unpaired) electrons. The average Bonchev–Trinajstić information content (AvgIpc) is 2.86. The monoisotopic (exact) mass is 527 g/mol. The summed E-state index contributed by atoms with van der Waals surface area (Å²) < 4.78 is 20.9. The van der Waals surface area contributed by atoms with Crippen molar-refractivity contribution < 1.29 is 23.8 Å². The summed E-state index contributed by atoms with van der Waals surface area (Å²) >= 11 is 6.26. The van der Waals surface area contributed by atoms with Crippen LogP contribution < -0.4 is 10.1 Å². The van der Waals surface area contributed by atoms with E-state index in [0.29, 0.717) is 18.8 Å². The molecule has 0 aliphatic carbocycles. The zero-order valence-corrected chi connectivity index (χ0v) is 22.3. The molecule has 2 N–H and O–H groups in total. The quantitative estimate of drug-likeness (QED) is 0.292. The van der Waals surface area contributed by atoms with Crippen LogP contribution in [-0.4, -0.2) is 39.5 Å². The molecule has 9 heteroatoms. The van der Waals surface area contributed by atoms with E-state index in [9.17, 15) is 14.7 Å². The van der Waals surface area contributed by atoms with Crippen LogP contribution in [0.15, 0.2) is 54.7 Å². The third-order valence-corrected chi connectivity index (χ3v) is 6.31. The Morgan fingerprint density at radius 3 is 2.32 bits per heavy atom. The van der Waals surface area contributed by atoms with Crippen molar-refractivity contribution in [3.05, 3.63) is 87.8 Å². The number of carbonyl (C=O) groups excluding carboxylic acids is 1. The van der Waals surface area contributed by atoms with Gasteiger partial charge in [0, 0.05) is 29.4 Å². The number of carbonyl (C=O) groups is 2. The highest BCUT2D eigenvalue weighted by Crippen LogP contribution is 2.36. The maximum atomic E-state index is 15.8. The summed E-state index contributed by atoms with van der Waals surface area (Å²) in [6, 6.07) is 12.8. The molecule has 1 aromatic heterocycles. The van der Waals surface area contributed by atoms with Crippen LogP contribution in [0.1, 0.15) is 67.2 Å². The maximum absolute atomic E-state index is 15.8. The van der Waals surface area contributed by atoms with Crippen molar-refractivity contribution in [3.63, 3.8) is 0 Å². The largest absolute Gasteiger partial charge is 0.497 e. The molecular weight excluding hydrogens is 497 g/mol. The predicted octanol–water partition coefficient (Wildman–Crippen LogP) is 6.96. The summed E-state index contributed by atoms with van der Waals surface area (Å²) in [6.07, 6.45) is 0.492. The first kappa shape index (κ1) is 27.9. The summed E-state index contributed by atoms with van der Waals surface area (Å²) in [4.78, 5) is 30.8. The predicted molar refractivity (Wildman–Crippen MR) is 142 cm³/mol. The Hall–Kier alpha value is -3.65. The van der Waals surface area contributed by atoms with Gasteiger partial charge in [-0.3, -0.25) is 9.69 Å². The molecule has 1 atom stereocenters. The van der Waals surface area contributed by atoms with E-state index in [-0.39, 0.29) is 21.7 Å². The normalized spacial score (nSPS) is 12.1. The highest BCUT2D eigenvalue weighted by molar-refractivity contribution is 6.35. The maximum Gasteiger partial charge on any atom is 0.408 e. The van der Waals surface area contributed by atoms with Crippen LogP contribution in [0.25, 0.3) is 0 Å². The zero-order valence-electron chi connectivity index (χ0n) is 21.5. The lowest BCUT2D eigenvalue weighted by molar-refractivity contribution is 0.0671. The molecular formula is C28H31ClFN3O4. The highest BCUT2D eigenvalue weighted by atomic mass is 35.5. The smallest absolute Gasteiger partial charge is 0.408 e. The van der Waals surface area contributed by atoms with Gasteiger partial charge in [-0.25, -0.2) is 14.2 Å². The van der Waals surface area contributed by atoms with E-state index in [1.807, 2.05) is 24.3 Å². The average molecular weight is 528 g/mol. The molecule has 2 aromatic carbocycles. The summed E-state index contributed by atoms with van der Waals surface area (Å²) in [5.74, 6) is -0.160. The van der Waals surface area contributed by atoms with E-state index in [1.165, 1.54) is 23.2 Å². The van der Waals surface area contributed by atoms with E-state index in [0.717, 1.165) is 11.3 Å². The van der Waals surface area contributed by atoms with Gasteiger partial charge in [0.1, 0.15) is 17.4 Å². The van der Waals surface area contributed by atoms with E-state index in [2.05, 4.69) is 10.3 Å². The molecule has 196 valence electrons. The molecule has 0 saturated carbocycles. The molecule has 3 rings (SSSR count). The summed E-state index contributed by atoms with van der Waals surface area (Å²) in [5.41, 5.74) is 0.175. The topological polar surface area (TPSA) is 91.8 Å². The molecule has 37 heavy (non-hydrogen) atoms. The van der Waals surface area contributed by atoms with Gasteiger partial charge in [-0.15, -0.1) is 0 Å². The van der Waals surface area contributed by atoms with Gasteiger partial charge >= 0.3 is 6.09 Å². The Morgan fingerprint density at radius 1 is 1.14 bits per heavy atom. The second-order valence-corrected chi connectivity index (χ2v) is 9.94. The molecule has 3 aromatic rings. The lowest BCUT2D eigenvalue weighted by Crippen LogP contribution is -2.47. The third kappa shape index (κ3) is 6.38. The number of carboxylic acid groups (broad SMARTS) is 1. The first-order valence-corrected chi connectivity index (χ1v) is 12.2. The molecule has 1 heterocycles. The lowest BCUT2D eigenvalue weighted by atomic mass is 9.93. The second-order valence-electron chi connectivity index (χ2n) is 9.54. The Labute approximate surface area is 221 Å². The van der Waals surface area contributed by atoms with E-state index < -0.39 is 29.3 Å². The van der Waals surface area contributed by atoms with Crippen LogP contribution in [0.2, 0.25) is 5.02 Å². The minimum atomic E-state index is -1.18. The molecule has 0 spiro atoms. The Morgan fingerprint density at radius 2 is 1.81 bits per heavy atom. The van der Waals surface area contributed by atoms with E-state index in [1.54, 1.807) is 46.9 Å². The number of ether oxygens (including phenoxy) is 1. The highest BCUT2D eigenvalue weighted by Gasteiger charge is 2.36. The first-order valence-electron chi connectivity index (χ1n) is 11.9. The van der Waals surface area contributed by atoms with E-state index >= 15 is 4.39 Å². The van der Waals surface area contributed by atoms with Gasteiger partial charge in [-0.05, 0) is 63.1 Å². The van der Waals surface area contributed by atoms with Gasteiger partial charge in [0.2, 0.25) is 0 Å². The van der Waals surface area contributed by atoms with Crippen LogP contribution in [-0.2, 0) is 6.54 Å². The number of ketones is 1. The minimum Gasteiger partial charge on any atom is -0.497 e. The second kappa shape index (κ2) is 11.6. The van der Waals surface area contributed by atoms with Crippen molar-refractivity contribution in [1.29, 1.82) is 0 Å². The molecule has 0 aliphatic rings. The van der Waals surface area contributed by atoms with Crippen LogP contribution in [0.4, 0.5) is 15.0 Å². The van der Waals surface area contributed by atoms with Crippen molar-refractivity contribution in [3.8, 4) is 5.75 Å². The van der Waals surface area contributed by atoms with Crippen molar-refractivity contribution >= 4 is 29.3 Å². The Kier molecular flexibility index (Phi) is 8.76. The van der Waals surface area contributed by atoms with Gasteiger partial charge < -0.3 is 15.2 Å². The van der Waals surface area contributed by atoms with Gasteiger partial charge in [-0.2, -0.15) is 0 Å². The number of amides is 1. The van der Waals surface area contributed by atoms with E-state index in [4.69, 9.17) is 16.3 Å². The van der Waals surface area contributed by atoms with Crippen molar-refractivity contribution in [2.45, 2.75) is 52.2 Å². The zero-order chi connectivity index (χ0) is 27.3. The fraction of sp³-hybridized carbons (Fsp3) is 0.321. The standard InChI is InChI=1S/C28H31ClFN3O4/c1-6-22(33(27(35)36)28(2,3)4)20-12-13-21(29)24(25(20)30)26(34)18-9-14-23(32-16-18)31-15-17-7-10-19(37-5)11-8-17/h7-14,16,22H,6,15H2,1-5H3,(H,31,32)(H,35,36)/t22-/m1/s1. The number of aromatic nitrogens is 1. The molecule has 0 fully saturated rings. The van der Waals surface area contributed by atoms with Gasteiger partial charge in [0.05, 0.1) is 23.7 Å². The Bertz CT molecular complexity index is 1260. The van der Waals surface area contributed by atoms with Crippen LogP contribution in [0.5, 0.6) is 5.75 Å². The summed E-state index contributed by atoms with van der Waals surface area (Å²) in [6.45, 7) is 7.49. The molecule has 0 aliphatic heterocycles. The molecule has 7 nitrogen and oxygen atoms in total. The van der Waals surface area contributed by atoms with Crippen molar-refractivity contribution in [1.82, 2.24) is 9.88 Å². The van der Waals surface area contributed by atoms with Gasteiger partial charge in [0.15, 0.2) is 5.78 Å². The van der Waals surface area contributed by atoms with Gasteiger partial charge in [0.25, 0.3) is 0 Å². The van der Waals surface area contributed by atoms with Crippen molar-refractivity contribution in [2.24, 2.45) is 0 Å². The number of hydrogen-bond acceptors (Lipinski definition) is 5. The number of anilines is 1. The van der Waals surface area contributed by atoms with Crippen LogP contribution in [0.3, 0.4) is 0 Å². The number of rotatable bonds is 9. The number of pyridine rings is 1. The van der Waals surface area contributed by atoms with Crippen LogP contribution in [0, 0.1) is 5.82 Å². The number of halogens is 2. The first-order chi connectivity index (χ1) is 17.5. The third-order valence-electron chi connectivity index (χ3n) is 5.99. The Balaban J connectivity index is 1.85. The molecule has 1 amide bonds. The number of nitrogens with one attached hydrogen (secondary N) is 1. The summed E-state index contributed by atoms with van der Waals surface area (Å²) in [7, 11) is 1.61. The number of benzene rings is 2. The fourth-order valence-corrected chi connectivity index (χ4v) is 4.41. The molecule has 0 saturated heterocycles. The molecule has 0 unspecified atom stereocenters. The fourth-order valence-electron chi connectivity index (χ4n) is 4.18. The number of nitrogens with zero attached hydrogens (tertiary/aromatic N) is 2. The summed E-state index contributed by atoms with van der Waals surface area (Å²) in [5, 5.41) is 12.9. The number of methoxy groups -OCH3 is 1. The molecule has 0 bridgehead atoms. The van der Waals surface area contributed by atoms with Crippen LogP contribution >= 0.6 is 11.6 Å². The van der Waals surface area contributed by atoms with Gasteiger partial charge in [-0.1, -0.05) is 36.7 Å². The lowest BCUT2D eigenvalue weighted by Gasteiger charge is -2.39. The van der Waals surface area contributed by atoms with Crippen molar-refractivity contribution in [2.75, 3.05) is 12.4 Å². The minimum absolute atomic E-state index is 0.0551. The number of hydrogen-bond donors (Lipinski definition) is 2. The SMILES string of the molecule is CC[C@H](c1ccc(Cl)c(C(=O)c2ccc(NCc3ccc(OC)cc3)nc2)c1F)N(C(=O)O)C(C)(C)C.